The molecule has 1 aromatic rings. The molecule has 1 aliphatic heterocycles. The van der Waals surface area contributed by atoms with E-state index in [4.69, 9.17) is 5.26 Å². The van der Waals surface area contributed by atoms with Crippen LogP contribution in [0.3, 0.4) is 0 Å². The van der Waals surface area contributed by atoms with Gasteiger partial charge in [0.25, 0.3) is 17.4 Å². The molecule has 2 rings (SSSR count). The van der Waals surface area contributed by atoms with Crippen LogP contribution < -0.4 is 10.6 Å². The van der Waals surface area contributed by atoms with Crippen LogP contribution in [0, 0.1) is 18.3 Å². The highest BCUT2D eigenvalue weighted by Gasteiger charge is 2.67. The lowest BCUT2D eigenvalue weighted by molar-refractivity contribution is -0.184. The first-order valence-corrected chi connectivity index (χ1v) is 6.52. The summed E-state index contributed by atoms with van der Waals surface area (Å²) in [6, 6.07) is 7.25. The Labute approximate surface area is 129 Å². The largest absolute Gasteiger partial charge is 0.425 e. The summed E-state index contributed by atoms with van der Waals surface area (Å²) in [4.78, 5) is 24.1. The van der Waals surface area contributed by atoms with E-state index in [1.165, 1.54) is 31.2 Å². The van der Waals surface area contributed by atoms with Crippen LogP contribution in [-0.2, 0) is 4.79 Å². The summed E-state index contributed by atoms with van der Waals surface area (Å²) in [5.41, 5.74) is -3.85. The Kier molecular flexibility index (Phi) is 3.90. The van der Waals surface area contributed by atoms with Crippen molar-refractivity contribution in [3.05, 3.63) is 46.7 Å². The van der Waals surface area contributed by atoms with Crippen LogP contribution >= 0.6 is 0 Å². The van der Waals surface area contributed by atoms with Gasteiger partial charge in [-0.25, -0.2) is 0 Å². The van der Waals surface area contributed by atoms with Gasteiger partial charge in [0.1, 0.15) is 0 Å². The van der Waals surface area contributed by atoms with Gasteiger partial charge in [-0.05, 0) is 26.0 Å². The third kappa shape index (κ3) is 2.54. The molecule has 0 unspecified atom stereocenters. The van der Waals surface area contributed by atoms with Crippen LogP contribution in [0.25, 0.3) is 0 Å². The average Bonchev–Trinajstić information content (AvgIpc) is 2.69. The molecule has 5 nitrogen and oxygen atoms in total. The van der Waals surface area contributed by atoms with Crippen molar-refractivity contribution < 1.29 is 22.8 Å². The SMILES string of the molecule is CC1=C(C#N)[C@@](NC(=O)c2cccc(C)c2)(C(F)(F)F)C(=O)N1. The van der Waals surface area contributed by atoms with E-state index in [1.807, 2.05) is 5.32 Å². The van der Waals surface area contributed by atoms with Crippen molar-refractivity contribution in [2.24, 2.45) is 0 Å². The zero-order valence-electron chi connectivity index (χ0n) is 12.2. The Morgan fingerprint density at radius 2 is 2.00 bits per heavy atom. The summed E-state index contributed by atoms with van der Waals surface area (Å²) in [6.45, 7) is 2.84. The minimum absolute atomic E-state index is 0.0386. The number of alkyl halides is 3. The minimum Gasteiger partial charge on any atom is -0.326 e. The number of hydrogen-bond acceptors (Lipinski definition) is 3. The monoisotopic (exact) mass is 323 g/mol. The molecule has 120 valence electrons. The summed E-state index contributed by atoms with van der Waals surface area (Å²) in [7, 11) is 0. The van der Waals surface area contributed by atoms with E-state index in [9.17, 15) is 22.8 Å². The highest BCUT2D eigenvalue weighted by Crippen LogP contribution is 2.40. The number of nitrogens with zero attached hydrogens (tertiary/aromatic N) is 1. The van der Waals surface area contributed by atoms with Gasteiger partial charge in [-0.3, -0.25) is 9.59 Å². The normalized spacial score (nSPS) is 21.0. The van der Waals surface area contributed by atoms with E-state index in [2.05, 4.69) is 0 Å². The average molecular weight is 323 g/mol. The van der Waals surface area contributed by atoms with Gasteiger partial charge in [-0.15, -0.1) is 0 Å². The minimum atomic E-state index is -5.17. The highest BCUT2D eigenvalue weighted by atomic mass is 19.4. The zero-order valence-corrected chi connectivity index (χ0v) is 12.2. The van der Waals surface area contributed by atoms with Gasteiger partial charge in [0, 0.05) is 11.3 Å². The van der Waals surface area contributed by atoms with Crippen molar-refractivity contribution in [3.63, 3.8) is 0 Å². The predicted octanol–water partition coefficient (Wildman–Crippen LogP) is 1.95. The number of allylic oxidation sites excluding steroid dienone is 1. The maximum absolute atomic E-state index is 13.6. The zero-order chi connectivity index (χ0) is 17.4. The second-order valence-electron chi connectivity index (χ2n) is 5.14. The maximum atomic E-state index is 13.6. The Morgan fingerprint density at radius 3 is 2.52 bits per heavy atom. The van der Waals surface area contributed by atoms with Crippen LogP contribution in [0.1, 0.15) is 22.8 Å². The summed E-state index contributed by atoms with van der Waals surface area (Å²) in [5.74, 6) is -2.59. The maximum Gasteiger partial charge on any atom is 0.425 e. The number of carbonyl (C=O) groups excluding carboxylic acids is 2. The molecule has 0 aromatic heterocycles. The van der Waals surface area contributed by atoms with Crippen molar-refractivity contribution >= 4 is 11.8 Å². The Balaban J connectivity index is 2.53. The molecule has 1 heterocycles. The second-order valence-corrected chi connectivity index (χ2v) is 5.14. The second kappa shape index (κ2) is 5.43. The first kappa shape index (κ1) is 16.5. The number of hydrogen-bond donors (Lipinski definition) is 2. The molecule has 1 aliphatic rings. The lowest BCUT2D eigenvalue weighted by atomic mass is 9.89. The third-order valence-corrected chi connectivity index (χ3v) is 3.51. The molecule has 0 fully saturated rings. The predicted molar refractivity (Wildman–Crippen MR) is 73.9 cm³/mol. The number of aryl methyl sites for hydroxylation is 1. The van der Waals surface area contributed by atoms with Crippen LogP contribution in [0.2, 0.25) is 0 Å². The molecule has 2 N–H and O–H groups in total. The van der Waals surface area contributed by atoms with Crippen LogP contribution in [-0.4, -0.2) is 23.5 Å². The molecule has 0 radical (unpaired) electrons. The molecule has 23 heavy (non-hydrogen) atoms. The fourth-order valence-corrected chi connectivity index (χ4v) is 2.38. The van der Waals surface area contributed by atoms with Gasteiger partial charge >= 0.3 is 6.18 Å². The number of carbonyl (C=O) groups is 2. The molecule has 0 saturated heterocycles. The number of amides is 2. The lowest BCUT2D eigenvalue weighted by Gasteiger charge is -2.30. The van der Waals surface area contributed by atoms with Crippen molar-refractivity contribution in [3.8, 4) is 6.07 Å². The van der Waals surface area contributed by atoms with E-state index in [0.29, 0.717) is 5.56 Å². The molecule has 2 amide bonds. The Bertz CT molecular complexity index is 762. The Hall–Kier alpha value is -2.82. The van der Waals surface area contributed by atoms with E-state index in [0.717, 1.165) is 0 Å². The Morgan fingerprint density at radius 1 is 1.35 bits per heavy atom. The van der Waals surface area contributed by atoms with E-state index in [1.54, 1.807) is 18.3 Å². The molecule has 1 atom stereocenters. The first-order valence-electron chi connectivity index (χ1n) is 6.52. The third-order valence-electron chi connectivity index (χ3n) is 3.51. The molecule has 0 saturated carbocycles. The van der Waals surface area contributed by atoms with Crippen LogP contribution in [0.15, 0.2) is 35.5 Å². The van der Waals surface area contributed by atoms with E-state index >= 15 is 0 Å². The highest BCUT2D eigenvalue weighted by molar-refractivity contribution is 6.04. The van der Waals surface area contributed by atoms with E-state index in [-0.39, 0.29) is 11.3 Å². The van der Waals surface area contributed by atoms with Gasteiger partial charge < -0.3 is 10.6 Å². The van der Waals surface area contributed by atoms with Gasteiger partial charge in [0.2, 0.25) is 0 Å². The molecule has 8 heteroatoms. The number of benzene rings is 1. The van der Waals surface area contributed by atoms with Gasteiger partial charge in [0.15, 0.2) is 0 Å². The fourth-order valence-electron chi connectivity index (χ4n) is 2.38. The van der Waals surface area contributed by atoms with Crippen molar-refractivity contribution in [1.29, 1.82) is 5.26 Å². The van der Waals surface area contributed by atoms with Gasteiger partial charge in [-0.1, -0.05) is 17.7 Å². The molecular weight excluding hydrogens is 311 g/mol. The number of rotatable bonds is 2. The smallest absolute Gasteiger partial charge is 0.326 e. The van der Waals surface area contributed by atoms with Crippen LogP contribution in [0.5, 0.6) is 0 Å². The quantitative estimate of drug-likeness (QED) is 0.873. The summed E-state index contributed by atoms with van der Waals surface area (Å²) < 4.78 is 40.7. The molecule has 0 spiro atoms. The molecular formula is C15H12F3N3O2. The van der Waals surface area contributed by atoms with Gasteiger partial charge in [-0.2, -0.15) is 18.4 Å². The number of nitrogens with one attached hydrogen (secondary N) is 2. The van der Waals surface area contributed by atoms with Crippen molar-refractivity contribution in [2.75, 3.05) is 0 Å². The molecule has 1 aromatic carbocycles. The van der Waals surface area contributed by atoms with E-state index < -0.39 is 29.1 Å². The summed E-state index contributed by atoms with van der Waals surface area (Å²) >= 11 is 0. The topological polar surface area (TPSA) is 82.0 Å². The number of halogens is 3. The molecule has 0 aliphatic carbocycles. The first-order chi connectivity index (χ1) is 10.6. The summed E-state index contributed by atoms with van der Waals surface area (Å²) in [6.07, 6.45) is -5.17. The fraction of sp³-hybridized carbons (Fsp3) is 0.267. The standard InChI is InChI=1S/C15H12F3N3O2/c1-8-4-3-5-10(6-8)12(22)21-14(15(16,17)18)11(7-19)9(2)20-13(14)23/h3-6H,1-2H3,(H,20,23)(H,21,22)/t14-/m0/s1. The molecule has 0 bridgehead atoms. The van der Waals surface area contributed by atoms with Crippen LogP contribution in [0.4, 0.5) is 13.2 Å². The summed E-state index contributed by atoms with van der Waals surface area (Å²) in [5, 5.41) is 12.7. The number of nitriles is 1. The lowest BCUT2D eigenvalue weighted by Crippen LogP contribution is -2.64. The van der Waals surface area contributed by atoms with Gasteiger partial charge in [0.05, 0.1) is 11.6 Å². The van der Waals surface area contributed by atoms with Crippen molar-refractivity contribution in [2.45, 2.75) is 25.6 Å². The van der Waals surface area contributed by atoms with Crippen molar-refractivity contribution in [1.82, 2.24) is 10.6 Å².